The van der Waals surface area contributed by atoms with E-state index in [1.165, 1.54) is 103 Å². The molecule has 1 amide bonds. The number of unbranched alkanes of at least 4 members (excludes halogenated alkanes) is 22. The van der Waals surface area contributed by atoms with Gasteiger partial charge in [0, 0.05) is 6.42 Å². The second kappa shape index (κ2) is 47.3. The van der Waals surface area contributed by atoms with Gasteiger partial charge in [0.2, 0.25) is 5.91 Å². The van der Waals surface area contributed by atoms with Crippen LogP contribution in [0.2, 0.25) is 0 Å². The maximum Gasteiger partial charge on any atom is 0.220 e. The summed E-state index contributed by atoms with van der Waals surface area (Å²) in [5.74, 6) is -0.212. The second-order valence-electron chi connectivity index (χ2n) is 21.1. The number of hydrogen-bond acceptors (Lipinski definition) is 13. The Morgan fingerprint density at radius 2 is 0.908 bits per heavy atom. The van der Waals surface area contributed by atoms with Gasteiger partial charge in [-0.1, -0.05) is 222 Å². The molecular formula is C62H109NO13. The summed E-state index contributed by atoms with van der Waals surface area (Å²) in [6, 6.07) is -0.829. The summed E-state index contributed by atoms with van der Waals surface area (Å²) in [5, 5.41) is 87.0. The molecule has 2 fully saturated rings. The third-order valence-corrected chi connectivity index (χ3v) is 14.4. The number of carbonyl (C=O) groups is 1. The van der Waals surface area contributed by atoms with Crippen LogP contribution in [0.1, 0.15) is 219 Å². The highest BCUT2D eigenvalue weighted by molar-refractivity contribution is 5.76. The number of ether oxygens (including phenoxy) is 4. The van der Waals surface area contributed by atoms with Gasteiger partial charge < -0.3 is 65.1 Å². The number of nitrogens with one attached hydrogen (secondary N) is 1. The molecule has 0 aliphatic carbocycles. The standard InChI is InChI=1S/C62H109NO13/c1-3-5-7-9-11-13-14-15-16-17-18-19-20-21-22-23-24-25-26-27-28-29-30-31-32-33-34-35-36-38-40-42-44-46-54(67)63-50(51(66)45-43-41-39-37-12-10-8-6-4-2)49-73-61-59(72)57(70)60(53(48-65)75-61)76-62-58(71)56(69)55(68)52(47-64)74-62/h5,7,11,13,15-16,18-19,21-22,24-25,50-53,55-62,64-66,68-72H,3-4,6,8-10,12,14,17,20,23,26-49H2,1-2H3,(H,63,67)/b7-5-,13-11-,16-15-,19-18-,22-21-,25-24-. The van der Waals surface area contributed by atoms with Crippen LogP contribution in [0.15, 0.2) is 72.9 Å². The van der Waals surface area contributed by atoms with Crippen molar-refractivity contribution in [3.63, 3.8) is 0 Å². The number of amides is 1. The predicted octanol–water partition coefficient (Wildman–Crippen LogP) is 10.3. The highest BCUT2D eigenvalue weighted by Crippen LogP contribution is 2.30. The summed E-state index contributed by atoms with van der Waals surface area (Å²) < 4.78 is 22.8. The zero-order chi connectivity index (χ0) is 55.3. The van der Waals surface area contributed by atoms with Crippen molar-refractivity contribution in [3.05, 3.63) is 72.9 Å². The quantitative estimate of drug-likeness (QED) is 0.0204. The van der Waals surface area contributed by atoms with Crippen LogP contribution in [0.5, 0.6) is 0 Å². The van der Waals surface area contributed by atoms with Crippen molar-refractivity contribution < 1.29 is 64.6 Å². The molecule has 2 rings (SSSR count). The van der Waals surface area contributed by atoms with Crippen molar-refractivity contribution in [2.75, 3.05) is 19.8 Å². The van der Waals surface area contributed by atoms with Crippen LogP contribution >= 0.6 is 0 Å². The largest absolute Gasteiger partial charge is 0.394 e. The summed E-state index contributed by atoms with van der Waals surface area (Å²) >= 11 is 0. The molecule has 12 unspecified atom stereocenters. The van der Waals surface area contributed by atoms with Crippen molar-refractivity contribution in [3.8, 4) is 0 Å². The van der Waals surface area contributed by atoms with E-state index in [1.54, 1.807) is 0 Å². The number of rotatable bonds is 47. The van der Waals surface area contributed by atoms with Crippen LogP contribution < -0.4 is 5.32 Å². The molecule has 2 aliphatic heterocycles. The lowest BCUT2D eigenvalue weighted by molar-refractivity contribution is -0.359. The van der Waals surface area contributed by atoms with E-state index in [0.29, 0.717) is 12.8 Å². The maximum atomic E-state index is 13.2. The van der Waals surface area contributed by atoms with Crippen LogP contribution in [-0.4, -0.2) is 140 Å². The maximum absolute atomic E-state index is 13.2. The topological polar surface area (TPSA) is 228 Å². The summed E-state index contributed by atoms with van der Waals surface area (Å²) in [5.41, 5.74) is 0. The first-order valence-corrected chi connectivity index (χ1v) is 30.2. The number of aliphatic hydroxyl groups excluding tert-OH is 8. The lowest BCUT2D eigenvalue weighted by Crippen LogP contribution is -2.65. The molecule has 76 heavy (non-hydrogen) atoms. The minimum atomic E-state index is -1.78. The highest BCUT2D eigenvalue weighted by Gasteiger charge is 2.51. The summed E-state index contributed by atoms with van der Waals surface area (Å²) in [6.45, 7) is 2.71. The van der Waals surface area contributed by atoms with E-state index in [1.807, 2.05) is 0 Å². The van der Waals surface area contributed by atoms with Crippen LogP contribution in [0, 0.1) is 0 Å². The third kappa shape index (κ3) is 32.5. The molecule has 440 valence electrons. The van der Waals surface area contributed by atoms with Gasteiger partial charge in [0.1, 0.15) is 48.8 Å². The fourth-order valence-electron chi connectivity index (χ4n) is 9.59. The molecule has 2 aliphatic rings. The Morgan fingerprint density at radius 3 is 1.39 bits per heavy atom. The molecule has 14 nitrogen and oxygen atoms in total. The number of hydrogen-bond donors (Lipinski definition) is 9. The van der Waals surface area contributed by atoms with Gasteiger partial charge in [-0.25, -0.2) is 0 Å². The van der Waals surface area contributed by atoms with E-state index < -0.39 is 86.8 Å². The minimum Gasteiger partial charge on any atom is -0.394 e. The SMILES string of the molecule is CC/C=C\C/C=C\C/C=C\C/C=C\C/C=C\C/C=C\CCCCCCCCCCCCCCCCC(=O)NC(COC1OC(CO)C(OC2OC(CO)C(O)C(O)C2O)C(O)C1O)C(O)CCCCCCCCCCC. The van der Waals surface area contributed by atoms with Crippen molar-refractivity contribution in [1.82, 2.24) is 5.32 Å². The van der Waals surface area contributed by atoms with Gasteiger partial charge in [0.05, 0.1) is 32.0 Å². The molecule has 0 bridgehead atoms. The second-order valence-corrected chi connectivity index (χ2v) is 21.1. The summed E-state index contributed by atoms with van der Waals surface area (Å²) in [7, 11) is 0. The van der Waals surface area contributed by atoms with E-state index >= 15 is 0 Å². The highest BCUT2D eigenvalue weighted by atomic mass is 16.7. The Kier molecular flexibility index (Phi) is 43.2. The Bertz CT molecular complexity index is 1550. The van der Waals surface area contributed by atoms with Gasteiger partial charge in [-0.05, 0) is 64.2 Å². The molecule has 9 N–H and O–H groups in total. The van der Waals surface area contributed by atoms with Crippen molar-refractivity contribution >= 4 is 5.91 Å². The molecule has 14 heteroatoms. The van der Waals surface area contributed by atoms with Crippen molar-refractivity contribution in [1.29, 1.82) is 0 Å². The summed E-state index contributed by atoms with van der Waals surface area (Å²) in [6.07, 6.45) is 45.0. The van der Waals surface area contributed by atoms with E-state index in [4.69, 9.17) is 18.9 Å². The fraction of sp³-hybridized carbons (Fsp3) is 0.790. The lowest BCUT2D eigenvalue weighted by atomic mass is 9.97. The van der Waals surface area contributed by atoms with Crippen LogP contribution in [0.4, 0.5) is 0 Å². The number of allylic oxidation sites excluding steroid dienone is 12. The Hall–Kier alpha value is -2.57. The zero-order valence-electron chi connectivity index (χ0n) is 47.2. The smallest absolute Gasteiger partial charge is 0.220 e. The Morgan fingerprint density at radius 1 is 0.487 bits per heavy atom. The number of aliphatic hydroxyl groups is 8. The molecule has 12 atom stereocenters. The van der Waals surface area contributed by atoms with E-state index in [2.05, 4.69) is 92.1 Å². The Balaban J connectivity index is 1.61. The van der Waals surface area contributed by atoms with E-state index in [0.717, 1.165) is 89.9 Å². The van der Waals surface area contributed by atoms with Crippen molar-refractivity contribution in [2.24, 2.45) is 0 Å². The molecule has 2 saturated heterocycles. The van der Waals surface area contributed by atoms with Crippen LogP contribution in [-0.2, 0) is 23.7 Å². The van der Waals surface area contributed by atoms with Gasteiger partial charge in [-0.2, -0.15) is 0 Å². The zero-order valence-corrected chi connectivity index (χ0v) is 47.2. The fourth-order valence-corrected chi connectivity index (χ4v) is 9.59. The van der Waals surface area contributed by atoms with Crippen molar-refractivity contribution in [2.45, 2.75) is 293 Å². The van der Waals surface area contributed by atoms with Crippen LogP contribution in [0.3, 0.4) is 0 Å². The van der Waals surface area contributed by atoms with Gasteiger partial charge in [-0.15, -0.1) is 0 Å². The minimum absolute atomic E-state index is 0.212. The van der Waals surface area contributed by atoms with Crippen LogP contribution in [0.25, 0.3) is 0 Å². The molecule has 0 aromatic carbocycles. The first-order valence-electron chi connectivity index (χ1n) is 30.2. The normalized spacial score (nSPS) is 25.4. The van der Waals surface area contributed by atoms with E-state index in [-0.39, 0.29) is 12.5 Å². The average Bonchev–Trinajstić information content (AvgIpc) is 3.42. The molecule has 0 saturated carbocycles. The molecule has 2 heterocycles. The lowest BCUT2D eigenvalue weighted by Gasteiger charge is -2.46. The molecule has 0 radical (unpaired) electrons. The monoisotopic (exact) mass is 1080 g/mol. The predicted molar refractivity (Wildman–Crippen MR) is 304 cm³/mol. The molecule has 0 aromatic rings. The van der Waals surface area contributed by atoms with Gasteiger partial charge in [0.15, 0.2) is 12.6 Å². The number of carbonyl (C=O) groups excluding carboxylic acids is 1. The molecular weight excluding hydrogens is 967 g/mol. The molecule has 0 spiro atoms. The van der Waals surface area contributed by atoms with Gasteiger partial charge in [-0.3, -0.25) is 4.79 Å². The average molecular weight is 1080 g/mol. The van der Waals surface area contributed by atoms with E-state index in [9.17, 15) is 45.6 Å². The summed E-state index contributed by atoms with van der Waals surface area (Å²) in [4.78, 5) is 13.2. The first kappa shape index (κ1) is 69.5. The van der Waals surface area contributed by atoms with Gasteiger partial charge in [0.25, 0.3) is 0 Å². The molecule has 0 aromatic heterocycles. The van der Waals surface area contributed by atoms with Gasteiger partial charge >= 0.3 is 0 Å². The first-order chi connectivity index (χ1) is 37.1. The third-order valence-electron chi connectivity index (χ3n) is 14.4. The Labute approximate surface area is 459 Å².